The zero-order valence-electron chi connectivity index (χ0n) is 11.4. The van der Waals surface area contributed by atoms with E-state index in [0.29, 0.717) is 0 Å². The Labute approximate surface area is 125 Å². The van der Waals surface area contributed by atoms with Crippen LogP contribution in [0.2, 0.25) is 0 Å². The van der Waals surface area contributed by atoms with Gasteiger partial charge >= 0.3 is 6.03 Å². The van der Waals surface area contributed by atoms with Gasteiger partial charge in [-0.05, 0) is 38.5 Å². The molecule has 5 nitrogen and oxygen atoms in total. The van der Waals surface area contributed by atoms with Crippen molar-refractivity contribution in [1.82, 2.24) is 10.2 Å². The van der Waals surface area contributed by atoms with Gasteiger partial charge in [-0.25, -0.2) is 4.79 Å². The molecule has 0 aliphatic carbocycles. The molecule has 1 unspecified atom stereocenters. The van der Waals surface area contributed by atoms with Crippen LogP contribution in [0.1, 0.15) is 32.4 Å². The van der Waals surface area contributed by atoms with E-state index in [2.05, 4.69) is 21.2 Å². The fourth-order valence-corrected chi connectivity index (χ4v) is 2.49. The number of hydrogen-bond acceptors (Lipinski definition) is 3. The second-order valence-corrected chi connectivity index (χ2v) is 6.21. The number of imide groups is 2. The molecule has 1 heterocycles. The molecule has 106 valence electrons. The summed E-state index contributed by atoms with van der Waals surface area (Å²) in [6, 6.07) is 6.24. The van der Waals surface area contributed by atoms with Crippen molar-refractivity contribution in [3.8, 4) is 0 Å². The monoisotopic (exact) mass is 338 g/mol. The Morgan fingerprint density at radius 3 is 2.50 bits per heavy atom. The largest absolute Gasteiger partial charge is 0.331 e. The van der Waals surface area contributed by atoms with Crippen molar-refractivity contribution in [2.24, 2.45) is 5.41 Å². The molecule has 1 N–H and O–H groups in total. The van der Waals surface area contributed by atoms with Crippen LogP contribution >= 0.6 is 15.9 Å². The van der Waals surface area contributed by atoms with Gasteiger partial charge < -0.3 is 0 Å². The maximum atomic E-state index is 12.4. The maximum Gasteiger partial charge on any atom is 0.331 e. The Hall–Kier alpha value is -1.69. The molecular formula is C14H15BrN2O3. The van der Waals surface area contributed by atoms with Gasteiger partial charge in [-0.2, -0.15) is 0 Å². The fraction of sp³-hybridized carbons (Fsp3) is 0.357. The molecule has 1 fully saturated rings. The van der Waals surface area contributed by atoms with Crippen LogP contribution in [0.15, 0.2) is 28.7 Å². The lowest BCUT2D eigenvalue weighted by atomic mass is 9.87. The summed E-state index contributed by atoms with van der Waals surface area (Å²) in [5.41, 5.74) is -0.429. The van der Waals surface area contributed by atoms with E-state index in [1.807, 2.05) is 24.3 Å². The van der Waals surface area contributed by atoms with Crippen molar-refractivity contribution >= 4 is 33.8 Å². The summed E-state index contributed by atoms with van der Waals surface area (Å²) in [7, 11) is 0. The van der Waals surface area contributed by atoms with Gasteiger partial charge in [0, 0.05) is 4.47 Å². The summed E-state index contributed by atoms with van der Waals surface area (Å²) in [6.07, 6.45) is 0. The van der Waals surface area contributed by atoms with Gasteiger partial charge in [-0.15, -0.1) is 0 Å². The van der Waals surface area contributed by atoms with Crippen LogP contribution in [0, 0.1) is 5.41 Å². The van der Waals surface area contributed by atoms with Crippen LogP contribution in [0.5, 0.6) is 0 Å². The highest BCUT2D eigenvalue weighted by Gasteiger charge is 2.48. The van der Waals surface area contributed by atoms with E-state index < -0.39 is 29.3 Å². The highest BCUT2D eigenvalue weighted by atomic mass is 79.9. The summed E-state index contributed by atoms with van der Waals surface area (Å²) in [6.45, 7) is 4.78. The second-order valence-electron chi connectivity index (χ2n) is 5.29. The molecule has 20 heavy (non-hydrogen) atoms. The number of hydrogen-bond donors (Lipinski definition) is 1. The lowest BCUT2D eigenvalue weighted by Gasteiger charge is -2.38. The van der Waals surface area contributed by atoms with E-state index >= 15 is 0 Å². The van der Waals surface area contributed by atoms with E-state index in [0.717, 1.165) is 14.9 Å². The molecule has 1 atom stereocenters. The average molecular weight is 339 g/mol. The molecule has 1 aliphatic rings. The molecule has 0 aromatic heterocycles. The number of carbonyl (C=O) groups is 3. The zero-order valence-corrected chi connectivity index (χ0v) is 13.0. The predicted octanol–water partition coefficient (Wildman–Crippen LogP) is 2.61. The minimum Gasteiger partial charge on any atom is -0.277 e. The van der Waals surface area contributed by atoms with Gasteiger partial charge in [0.1, 0.15) is 5.41 Å². The molecule has 0 saturated carbocycles. The lowest BCUT2D eigenvalue weighted by Crippen LogP contribution is -2.62. The van der Waals surface area contributed by atoms with E-state index in [1.54, 1.807) is 6.92 Å². The van der Waals surface area contributed by atoms with Gasteiger partial charge in [-0.3, -0.25) is 19.8 Å². The molecule has 1 aromatic carbocycles. The number of halogens is 1. The topological polar surface area (TPSA) is 66.5 Å². The predicted molar refractivity (Wildman–Crippen MR) is 76.7 cm³/mol. The van der Waals surface area contributed by atoms with Crippen molar-refractivity contribution < 1.29 is 14.4 Å². The molecule has 0 bridgehead atoms. The molecule has 0 radical (unpaired) electrons. The first-order valence-corrected chi connectivity index (χ1v) is 6.99. The number of rotatable bonds is 2. The SMILES string of the molecule is CC(c1cccc(Br)c1)N1C(=O)NC(=O)C(C)(C)C1=O. The summed E-state index contributed by atoms with van der Waals surface area (Å²) < 4.78 is 0.863. The van der Waals surface area contributed by atoms with Crippen molar-refractivity contribution in [3.05, 3.63) is 34.3 Å². The normalized spacial score (nSPS) is 19.8. The molecule has 0 spiro atoms. The summed E-state index contributed by atoms with van der Waals surface area (Å²) in [5, 5.41) is 2.23. The fourth-order valence-electron chi connectivity index (χ4n) is 2.07. The third-order valence-electron chi connectivity index (χ3n) is 3.48. The van der Waals surface area contributed by atoms with Crippen LogP contribution in [-0.2, 0) is 9.59 Å². The standard InChI is InChI=1S/C14H15BrN2O3/c1-8(9-5-4-6-10(15)7-9)17-12(19)14(2,3)11(18)16-13(17)20/h4-8H,1-3H3,(H,16,18,20). The minimum atomic E-state index is -1.24. The number of nitrogens with zero attached hydrogens (tertiary/aromatic N) is 1. The molecule has 1 saturated heterocycles. The Kier molecular flexibility index (Phi) is 3.69. The maximum absolute atomic E-state index is 12.4. The number of barbiturate groups is 1. The quantitative estimate of drug-likeness (QED) is 0.843. The summed E-state index contributed by atoms with van der Waals surface area (Å²) in [4.78, 5) is 37.2. The van der Waals surface area contributed by atoms with Crippen molar-refractivity contribution in [2.75, 3.05) is 0 Å². The molecule has 1 aromatic rings. The van der Waals surface area contributed by atoms with Crippen molar-refractivity contribution in [3.63, 3.8) is 0 Å². The number of urea groups is 1. The van der Waals surface area contributed by atoms with Crippen molar-refractivity contribution in [2.45, 2.75) is 26.8 Å². The van der Waals surface area contributed by atoms with Crippen molar-refractivity contribution in [1.29, 1.82) is 0 Å². The number of carbonyl (C=O) groups excluding carboxylic acids is 3. The number of benzene rings is 1. The average Bonchev–Trinajstić information content (AvgIpc) is 2.37. The van der Waals surface area contributed by atoms with Gasteiger partial charge in [0.25, 0.3) is 0 Å². The number of nitrogens with one attached hydrogen (secondary N) is 1. The summed E-state index contributed by atoms with van der Waals surface area (Å²) in [5.74, 6) is -1.05. The van der Waals surface area contributed by atoms with Crippen LogP contribution in [0.3, 0.4) is 0 Å². The Bertz CT molecular complexity index is 598. The Morgan fingerprint density at radius 2 is 1.90 bits per heavy atom. The smallest absolute Gasteiger partial charge is 0.277 e. The third kappa shape index (κ3) is 2.35. The molecule has 4 amide bonds. The van der Waals surface area contributed by atoms with E-state index in [1.165, 1.54) is 13.8 Å². The highest BCUT2D eigenvalue weighted by molar-refractivity contribution is 9.10. The molecule has 2 rings (SSSR count). The van der Waals surface area contributed by atoms with Gasteiger partial charge in [0.15, 0.2) is 0 Å². The van der Waals surface area contributed by atoms with E-state index in [-0.39, 0.29) is 0 Å². The Balaban J connectivity index is 2.38. The van der Waals surface area contributed by atoms with Crippen LogP contribution in [0.4, 0.5) is 4.79 Å². The minimum absolute atomic E-state index is 0.452. The van der Waals surface area contributed by atoms with E-state index in [4.69, 9.17) is 0 Å². The van der Waals surface area contributed by atoms with Crippen LogP contribution < -0.4 is 5.32 Å². The zero-order chi connectivity index (χ0) is 15.1. The van der Waals surface area contributed by atoms with E-state index in [9.17, 15) is 14.4 Å². The number of amides is 4. The van der Waals surface area contributed by atoms with Gasteiger partial charge in [-0.1, -0.05) is 28.1 Å². The van der Waals surface area contributed by atoms with Crippen LogP contribution in [0.25, 0.3) is 0 Å². The lowest BCUT2D eigenvalue weighted by molar-refractivity contribution is -0.150. The van der Waals surface area contributed by atoms with Gasteiger partial charge in [0.2, 0.25) is 11.8 Å². The van der Waals surface area contributed by atoms with Crippen LogP contribution in [-0.4, -0.2) is 22.7 Å². The molecule has 1 aliphatic heterocycles. The molecule has 6 heteroatoms. The highest BCUT2D eigenvalue weighted by Crippen LogP contribution is 2.31. The van der Waals surface area contributed by atoms with Gasteiger partial charge in [0.05, 0.1) is 6.04 Å². The summed E-state index contributed by atoms with van der Waals surface area (Å²) >= 11 is 3.36. The third-order valence-corrected chi connectivity index (χ3v) is 3.97. The first kappa shape index (κ1) is 14.7. The Morgan fingerprint density at radius 1 is 1.25 bits per heavy atom. The molecular weight excluding hydrogens is 324 g/mol. The first-order valence-electron chi connectivity index (χ1n) is 6.19. The second kappa shape index (κ2) is 5.01. The first-order chi connectivity index (χ1) is 9.25.